The van der Waals surface area contributed by atoms with E-state index in [4.69, 9.17) is 4.74 Å². The van der Waals surface area contributed by atoms with E-state index in [0.29, 0.717) is 6.61 Å². The zero-order valence-electron chi connectivity index (χ0n) is 10.3. The molecule has 90 valence electrons. The molecule has 0 aromatic heterocycles. The predicted octanol–water partition coefficient (Wildman–Crippen LogP) is 1.60. The minimum atomic E-state index is -0.385. The van der Waals surface area contributed by atoms with Gasteiger partial charge in [0.2, 0.25) is 0 Å². The number of benzene rings is 1. The second kappa shape index (κ2) is 5.87. The van der Waals surface area contributed by atoms with Crippen LogP contribution in [0.1, 0.15) is 19.4 Å². The topological polar surface area (TPSA) is 41.5 Å². The number of hydrogen-bond donors (Lipinski definition) is 2. The van der Waals surface area contributed by atoms with Crippen LogP contribution in [-0.4, -0.2) is 30.9 Å². The molecule has 3 heteroatoms. The van der Waals surface area contributed by atoms with Gasteiger partial charge in [0, 0.05) is 0 Å². The summed E-state index contributed by atoms with van der Waals surface area (Å²) in [5.41, 5.74) is 0.912. The lowest BCUT2D eigenvalue weighted by Crippen LogP contribution is -2.48. The van der Waals surface area contributed by atoms with E-state index in [1.807, 2.05) is 26.1 Å². The van der Waals surface area contributed by atoms with Crippen molar-refractivity contribution in [3.8, 4) is 5.75 Å². The summed E-state index contributed by atoms with van der Waals surface area (Å²) in [5.74, 6) is 0.840. The van der Waals surface area contributed by atoms with Crippen LogP contribution < -0.4 is 10.1 Å². The number of aliphatic hydroxyl groups is 1. The van der Waals surface area contributed by atoms with Crippen molar-refractivity contribution in [2.45, 2.75) is 25.8 Å². The predicted molar refractivity (Wildman–Crippen MR) is 65.9 cm³/mol. The zero-order chi connectivity index (χ0) is 12.0. The first-order valence-corrected chi connectivity index (χ1v) is 5.65. The Morgan fingerprint density at radius 2 is 1.94 bits per heavy atom. The highest BCUT2D eigenvalue weighted by atomic mass is 16.5. The zero-order valence-corrected chi connectivity index (χ0v) is 10.3. The van der Waals surface area contributed by atoms with E-state index >= 15 is 0 Å². The third kappa shape index (κ3) is 3.51. The lowest BCUT2D eigenvalue weighted by Gasteiger charge is -2.26. The SMILES string of the molecule is CCc1ccc(OCC(C)(CO)NC)cc1. The van der Waals surface area contributed by atoms with Crippen molar-refractivity contribution in [3.05, 3.63) is 29.8 Å². The first-order valence-electron chi connectivity index (χ1n) is 5.65. The molecule has 1 atom stereocenters. The maximum Gasteiger partial charge on any atom is 0.119 e. The van der Waals surface area contributed by atoms with Crippen LogP contribution in [0.4, 0.5) is 0 Å². The Morgan fingerprint density at radius 3 is 2.38 bits per heavy atom. The Balaban J connectivity index is 2.54. The molecule has 2 N–H and O–H groups in total. The lowest BCUT2D eigenvalue weighted by molar-refractivity contribution is 0.122. The Morgan fingerprint density at radius 1 is 1.31 bits per heavy atom. The van der Waals surface area contributed by atoms with E-state index in [-0.39, 0.29) is 12.1 Å². The number of nitrogens with one attached hydrogen (secondary N) is 1. The molecule has 0 bridgehead atoms. The minimum Gasteiger partial charge on any atom is -0.492 e. The molecular weight excluding hydrogens is 202 g/mol. The van der Waals surface area contributed by atoms with Gasteiger partial charge in [-0.15, -0.1) is 0 Å². The Kier molecular flexibility index (Phi) is 4.77. The number of likely N-dealkylation sites (N-methyl/N-ethyl adjacent to an activating group) is 1. The van der Waals surface area contributed by atoms with Crippen LogP contribution in [0.3, 0.4) is 0 Å². The average molecular weight is 223 g/mol. The van der Waals surface area contributed by atoms with Gasteiger partial charge in [0.1, 0.15) is 12.4 Å². The smallest absolute Gasteiger partial charge is 0.119 e. The van der Waals surface area contributed by atoms with E-state index in [1.165, 1.54) is 5.56 Å². The van der Waals surface area contributed by atoms with Gasteiger partial charge in [-0.3, -0.25) is 0 Å². The fourth-order valence-electron chi connectivity index (χ4n) is 1.26. The van der Waals surface area contributed by atoms with E-state index in [2.05, 4.69) is 24.4 Å². The van der Waals surface area contributed by atoms with Crippen molar-refractivity contribution in [3.63, 3.8) is 0 Å². The number of rotatable bonds is 6. The van der Waals surface area contributed by atoms with Crippen LogP contribution in [0, 0.1) is 0 Å². The third-order valence-corrected chi connectivity index (χ3v) is 2.84. The molecular formula is C13H21NO2. The summed E-state index contributed by atoms with van der Waals surface area (Å²) >= 11 is 0. The standard InChI is InChI=1S/C13H21NO2/c1-4-11-5-7-12(8-6-11)16-10-13(2,9-15)14-3/h5-8,14-15H,4,9-10H2,1-3H3. The number of ether oxygens (including phenoxy) is 1. The minimum absolute atomic E-state index is 0.0521. The van der Waals surface area contributed by atoms with Crippen molar-refractivity contribution >= 4 is 0 Å². The number of aryl methyl sites for hydroxylation is 1. The first kappa shape index (κ1) is 13.0. The highest BCUT2D eigenvalue weighted by molar-refractivity contribution is 5.27. The Hall–Kier alpha value is -1.06. The highest BCUT2D eigenvalue weighted by Crippen LogP contribution is 2.14. The fourth-order valence-corrected chi connectivity index (χ4v) is 1.26. The van der Waals surface area contributed by atoms with Gasteiger partial charge < -0.3 is 15.2 Å². The van der Waals surface area contributed by atoms with Crippen LogP contribution >= 0.6 is 0 Å². The average Bonchev–Trinajstić information content (AvgIpc) is 2.36. The molecule has 0 aliphatic heterocycles. The molecule has 0 saturated carbocycles. The molecule has 0 spiro atoms. The van der Waals surface area contributed by atoms with Gasteiger partial charge in [-0.25, -0.2) is 0 Å². The molecule has 1 rings (SSSR count). The van der Waals surface area contributed by atoms with Crippen molar-refractivity contribution in [2.24, 2.45) is 0 Å². The van der Waals surface area contributed by atoms with Crippen LogP contribution in [0.5, 0.6) is 5.75 Å². The maximum atomic E-state index is 9.20. The lowest BCUT2D eigenvalue weighted by atomic mass is 10.1. The van der Waals surface area contributed by atoms with E-state index in [9.17, 15) is 5.11 Å². The molecule has 0 fully saturated rings. The van der Waals surface area contributed by atoms with Gasteiger partial charge in [-0.2, -0.15) is 0 Å². The van der Waals surface area contributed by atoms with Crippen molar-refractivity contribution in [2.75, 3.05) is 20.3 Å². The first-order chi connectivity index (χ1) is 7.63. The number of hydrogen-bond acceptors (Lipinski definition) is 3. The summed E-state index contributed by atoms with van der Waals surface area (Å²) in [5, 5.41) is 12.2. The van der Waals surface area contributed by atoms with Crippen LogP contribution in [0.15, 0.2) is 24.3 Å². The molecule has 0 saturated heterocycles. The normalized spacial score (nSPS) is 14.5. The second-order valence-electron chi connectivity index (χ2n) is 4.25. The largest absolute Gasteiger partial charge is 0.492 e. The molecule has 0 amide bonds. The summed E-state index contributed by atoms with van der Waals surface area (Å²) in [6, 6.07) is 8.05. The molecule has 0 aliphatic carbocycles. The van der Waals surface area contributed by atoms with Crippen LogP contribution in [0.25, 0.3) is 0 Å². The molecule has 1 aromatic rings. The monoisotopic (exact) mass is 223 g/mol. The van der Waals surface area contributed by atoms with Gasteiger partial charge in [-0.05, 0) is 38.1 Å². The van der Waals surface area contributed by atoms with E-state index in [1.54, 1.807) is 0 Å². The Labute approximate surface area is 97.4 Å². The van der Waals surface area contributed by atoms with Crippen molar-refractivity contribution in [1.82, 2.24) is 5.32 Å². The number of aliphatic hydroxyl groups excluding tert-OH is 1. The van der Waals surface area contributed by atoms with Crippen molar-refractivity contribution in [1.29, 1.82) is 0 Å². The maximum absolute atomic E-state index is 9.20. The van der Waals surface area contributed by atoms with Crippen molar-refractivity contribution < 1.29 is 9.84 Å². The summed E-state index contributed by atoms with van der Waals surface area (Å²) in [7, 11) is 1.82. The van der Waals surface area contributed by atoms with Gasteiger partial charge in [0.05, 0.1) is 12.1 Å². The molecule has 0 aliphatic rings. The molecule has 16 heavy (non-hydrogen) atoms. The van der Waals surface area contributed by atoms with E-state index in [0.717, 1.165) is 12.2 Å². The van der Waals surface area contributed by atoms with Gasteiger partial charge in [0.15, 0.2) is 0 Å². The van der Waals surface area contributed by atoms with Gasteiger partial charge in [-0.1, -0.05) is 19.1 Å². The fraction of sp³-hybridized carbons (Fsp3) is 0.538. The summed E-state index contributed by atoms with van der Waals surface area (Å²) in [6.07, 6.45) is 1.03. The summed E-state index contributed by atoms with van der Waals surface area (Å²) < 4.78 is 5.63. The third-order valence-electron chi connectivity index (χ3n) is 2.84. The van der Waals surface area contributed by atoms with Crippen LogP contribution in [0.2, 0.25) is 0 Å². The van der Waals surface area contributed by atoms with Crippen LogP contribution in [-0.2, 0) is 6.42 Å². The second-order valence-corrected chi connectivity index (χ2v) is 4.25. The van der Waals surface area contributed by atoms with E-state index < -0.39 is 0 Å². The van der Waals surface area contributed by atoms with Gasteiger partial charge >= 0.3 is 0 Å². The quantitative estimate of drug-likeness (QED) is 0.769. The molecule has 3 nitrogen and oxygen atoms in total. The molecule has 0 heterocycles. The van der Waals surface area contributed by atoms with Gasteiger partial charge in [0.25, 0.3) is 0 Å². The highest BCUT2D eigenvalue weighted by Gasteiger charge is 2.21. The molecule has 0 radical (unpaired) electrons. The molecule has 1 unspecified atom stereocenters. The summed E-state index contributed by atoms with van der Waals surface area (Å²) in [4.78, 5) is 0. The Bertz CT molecular complexity index is 304. The summed E-state index contributed by atoms with van der Waals surface area (Å²) in [6.45, 7) is 4.55. The molecule has 1 aromatic carbocycles.